The average molecular weight is 384 g/mol. The van der Waals surface area contributed by atoms with Crippen LogP contribution in [0.1, 0.15) is 22.8 Å². The van der Waals surface area contributed by atoms with Crippen molar-refractivity contribution in [3.05, 3.63) is 69.9 Å². The number of rotatable bonds is 4. The molecule has 2 rings (SSSR count). The third-order valence-electron chi connectivity index (χ3n) is 3.74. The number of alkyl halides is 3. The first-order valence-corrected chi connectivity index (χ1v) is 7.88. The molecular weight excluding hydrogens is 367 g/mol. The van der Waals surface area contributed by atoms with Crippen LogP contribution >= 0.6 is 11.6 Å². The summed E-state index contributed by atoms with van der Waals surface area (Å²) in [7, 11) is 0. The normalized spacial score (nSPS) is 14.0. The molecule has 0 aliphatic heterocycles. The molecule has 5 N–H and O–H groups in total. The molecule has 2 aromatic rings. The molecule has 0 bridgehead atoms. The minimum absolute atomic E-state index is 0.0774. The number of aliphatic imine (C=N–C) groups is 1. The van der Waals surface area contributed by atoms with E-state index in [0.29, 0.717) is 16.3 Å². The SMILES string of the molecule is Cc1ccc(N=C/C(=C\N)C(O)c2cc(Cl)ccc2N)cc1C(F)(F)F. The highest BCUT2D eigenvalue weighted by molar-refractivity contribution is 6.30. The summed E-state index contributed by atoms with van der Waals surface area (Å²) in [5.74, 6) is 0. The van der Waals surface area contributed by atoms with E-state index in [4.69, 9.17) is 23.1 Å². The lowest BCUT2D eigenvalue weighted by atomic mass is 10.0. The van der Waals surface area contributed by atoms with E-state index in [2.05, 4.69) is 4.99 Å². The molecule has 0 aliphatic carbocycles. The van der Waals surface area contributed by atoms with E-state index in [0.717, 1.165) is 12.3 Å². The van der Waals surface area contributed by atoms with Gasteiger partial charge in [-0.05, 0) is 42.8 Å². The molecule has 0 saturated heterocycles. The molecule has 0 aliphatic rings. The third-order valence-corrected chi connectivity index (χ3v) is 3.98. The number of anilines is 1. The Hall–Kier alpha value is -2.51. The first-order chi connectivity index (χ1) is 12.1. The molecule has 0 saturated carbocycles. The third kappa shape index (κ3) is 4.56. The number of halogens is 4. The number of hydrogen-bond acceptors (Lipinski definition) is 4. The Balaban J connectivity index is 2.32. The number of aliphatic hydroxyl groups excluding tert-OH is 1. The number of aryl methyl sites for hydroxylation is 1. The van der Waals surface area contributed by atoms with Crippen LogP contribution in [0.5, 0.6) is 0 Å². The summed E-state index contributed by atoms with van der Waals surface area (Å²) in [5.41, 5.74) is 11.5. The molecule has 0 aromatic heterocycles. The number of nitrogens with two attached hydrogens (primary N) is 2. The van der Waals surface area contributed by atoms with Gasteiger partial charge in [0.25, 0.3) is 0 Å². The minimum atomic E-state index is -4.48. The number of aliphatic hydroxyl groups is 1. The maximum atomic E-state index is 13.0. The van der Waals surface area contributed by atoms with E-state index in [-0.39, 0.29) is 16.8 Å². The van der Waals surface area contributed by atoms with Crippen LogP contribution in [0, 0.1) is 6.92 Å². The minimum Gasteiger partial charge on any atom is -0.404 e. The van der Waals surface area contributed by atoms with Gasteiger partial charge in [0.15, 0.2) is 0 Å². The molecule has 138 valence electrons. The zero-order chi connectivity index (χ0) is 19.5. The van der Waals surface area contributed by atoms with Gasteiger partial charge in [0.05, 0.1) is 11.3 Å². The zero-order valence-corrected chi connectivity index (χ0v) is 14.5. The number of hydrogen-bond donors (Lipinski definition) is 3. The van der Waals surface area contributed by atoms with E-state index >= 15 is 0 Å². The van der Waals surface area contributed by atoms with Gasteiger partial charge in [-0.1, -0.05) is 17.7 Å². The zero-order valence-electron chi connectivity index (χ0n) is 13.8. The van der Waals surface area contributed by atoms with Crippen molar-refractivity contribution in [3.63, 3.8) is 0 Å². The van der Waals surface area contributed by atoms with Crippen molar-refractivity contribution in [1.29, 1.82) is 0 Å². The summed E-state index contributed by atoms with van der Waals surface area (Å²) >= 11 is 5.90. The summed E-state index contributed by atoms with van der Waals surface area (Å²) < 4.78 is 38.9. The average Bonchev–Trinajstić information content (AvgIpc) is 2.57. The van der Waals surface area contributed by atoms with Crippen LogP contribution in [0.25, 0.3) is 0 Å². The lowest BCUT2D eigenvalue weighted by Crippen LogP contribution is -2.08. The molecule has 2 aromatic carbocycles. The van der Waals surface area contributed by atoms with Crippen LogP contribution in [0.3, 0.4) is 0 Å². The van der Waals surface area contributed by atoms with Gasteiger partial charge in [0.2, 0.25) is 0 Å². The van der Waals surface area contributed by atoms with Crippen molar-refractivity contribution in [1.82, 2.24) is 0 Å². The van der Waals surface area contributed by atoms with Gasteiger partial charge in [-0.3, -0.25) is 4.99 Å². The Morgan fingerprint density at radius 2 is 1.92 bits per heavy atom. The van der Waals surface area contributed by atoms with Crippen LogP contribution in [-0.2, 0) is 6.18 Å². The first-order valence-electron chi connectivity index (χ1n) is 7.50. The van der Waals surface area contributed by atoms with Gasteiger partial charge in [-0.15, -0.1) is 0 Å². The van der Waals surface area contributed by atoms with Crippen LogP contribution in [0.4, 0.5) is 24.5 Å². The van der Waals surface area contributed by atoms with E-state index < -0.39 is 17.8 Å². The van der Waals surface area contributed by atoms with Crippen LogP contribution in [0.15, 0.2) is 53.2 Å². The molecule has 4 nitrogen and oxygen atoms in total. The highest BCUT2D eigenvalue weighted by Gasteiger charge is 2.32. The molecule has 0 amide bonds. The highest BCUT2D eigenvalue weighted by Crippen LogP contribution is 2.34. The largest absolute Gasteiger partial charge is 0.416 e. The second-order valence-corrected chi connectivity index (χ2v) is 6.03. The molecule has 0 radical (unpaired) electrons. The van der Waals surface area contributed by atoms with Crippen LogP contribution < -0.4 is 11.5 Å². The lowest BCUT2D eigenvalue weighted by Gasteiger charge is -2.14. The molecule has 0 spiro atoms. The van der Waals surface area contributed by atoms with Gasteiger partial charge in [0.1, 0.15) is 6.10 Å². The topological polar surface area (TPSA) is 84.6 Å². The molecule has 1 unspecified atom stereocenters. The maximum Gasteiger partial charge on any atom is 0.416 e. The Morgan fingerprint density at radius 3 is 2.54 bits per heavy atom. The fraction of sp³-hybridized carbons (Fsp3) is 0.167. The van der Waals surface area contributed by atoms with Gasteiger partial charge >= 0.3 is 6.18 Å². The predicted octanol–water partition coefficient (Wildman–Crippen LogP) is 4.53. The van der Waals surface area contributed by atoms with Crippen LogP contribution in [0.2, 0.25) is 5.02 Å². The van der Waals surface area contributed by atoms with E-state index in [1.807, 2.05) is 0 Å². The smallest absolute Gasteiger partial charge is 0.404 e. The molecule has 26 heavy (non-hydrogen) atoms. The summed E-state index contributed by atoms with van der Waals surface area (Å²) in [5, 5.41) is 10.8. The van der Waals surface area contributed by atoms with Crippen LogP contribution in [-0.4, -0.2) is 11.3 Å². The summed E-state index contributed by atoms with van der Waals surface area (Å²) in [6, 6.07) is 8.27. The summed E-state index contributed by atoms with van der Waals surface area (Å²) in [6.45, 7) is 1.37. The van der Waals surface area contributed by atoms with Gasteiger partial charge in [0, 0.05) is 34.3 Å². The fourth-order valence-corrected chi connectivity index (χ4v) is 2.49. The lowest BCUT2D eigenvalue weighted by molar-refractivity contribution is -0.138. The van der Waals surface area contributed by atoms with Gasteiger partial charge in [-0.25, -0.2) is 0 Å². The van der Waals surface area contributed by atoms with E-state index in [1.54, 1.807) is 6.07 Å². The predicted molar refractivity (Wildman–Crippen MR) is 97.4 cm³/mol. The molecule has 1 atom stereocenters. The Morgan fingerprint density at radius 1 is 1.23 bits per heavy atom. The second-order valence-electron chi connectivity index (χ2n) is 5.60. The number of benzene rings is 2. The standard InChI is InChI=1S/C18H17ClF3N3O/c1-10-2-4-13(7-15(10)18(20,21)22)25-9-11(8-23)17(26)14-6-12(19)3-5-16(14)24/h2-9,17,26H,23-24H2,1H3/b11-8+,25-9?. The Kier molecular flexibility index (Phi) is 5.94. The highest BCUT2D eigenvalue weighted by atomic mass is 35.5. The monoisotopic (exact) mass is 383 g/mol. The molecular formula is C18H17ClF3N3O. The quantitative estimate of drug-likeness (QED) is 0.535. The number of nitrogens with zero attached hydrogens (tertiary/aromatic N) is 1. The molecule has 0 fully saturated rings. The van der Waals surface area contributed by atoms with E-state index in [9.17, 15) is 18.3 Å². The van der Waals surface area contributed by atoms with Crippen molar-refractivity contribution in [2.24, 2.45) is 10.7 Å². The van der Waals surface area contributed by atoms with Crippen molar-refractivity contribution in [2.45, 2.75) is 19.2 Å². The first kappa shape index (κ1) is 19.8. The van der Waals surface area contributed by atoms with Crippen molar-refractivity contribution >= 4 is 29.2 Å². The summed E-state index contributed by atoms with van der Waals surface area (Å²) in [4.78, 5) is 3.98. The van der Waals surface area contributed by atoms with Gasteiger partial charge < -0.3 is 16.6 Å². The van der Waals surface area contributed by atoms with E-state index in [1.165, 1.54) is 37.4 Å². The molecule has 0 heterocycles. The van der Waals surface area contributed by atoms with Gasteiger partial charge in [-0.2, -0.15) is 13.2 Å². The fourth-order valence-electron chi connectivity index (χ4n) is 2.31. The van der Waals surface area contributed by atoms with Crippen molar-refractivity contribution in [3.8, 4) is 0 Å². The Labute approximate surface area is 153 Å². The second kappa shape index (κ2) is 7.80. The van der Waals surface area contributed by atoms with Crippen molar-refractivity contribution < 1.29 is 18.3 Å². The maximum absolute atomic E-state index is 13.0. The van der Waals surface area contributed by atoms with Crippen molar-refractivity contribution in [2.75, 3.05) is 5.73 Å². The number of nitrogen functional groups attached to an aromatic ring is 1. The Bertz CT molecular complexity index is 863. The summed E-state index contributed by atoms with van der Waals surface area (Å²) in [6.07, 6.45) is -3.41. The molecule has 8 heteroatoms.